The second-order valence-electron chi connectivity index (χ2n) is 5.61. The number of rotatable bonds is 5. The van der Waals surface area contributed by atoms with Gasteiger partial charge in [-0.15, -0.1) is 0 Å². The van der Waals surface area contributed by atoms with E-state index in [-0.39, 0.29) is 5.57 Å². The molecule has 0 unspecified atom stereocenters. The molecule has 2 aromatic rings. The summed E-state index contributed by atoms with van der Waals surface area (Å²) in [6.07, 6.45) is 1.49. The first-order valence-corrected chi connectivity index (χ1v) is 7.70. The number of ether oxygens (including phenoxy) is 2. The molecule has 0 saturated carbocycles. The quantitative estimate of drug-likeness (QED) is 0.665. The number of aryl methyl sites for hydroxylation is 2. The van der Waals surface area contributed by atoms with Gasteiger partial charge in [-0.2, -0.15) is 5.26 Å². The lowest BCUT2D eigenvalue weighted by molar-refractivity contribution is -0.112. The van der Waals surface area contributed by atoms with Gasteiger partial charge in [0.2, 0.25) is 0 Å². The van der Waals surface area contributed by atoms with Crippen molar-refractivity contribution in [2.24, 2.45) is 0 Å². The molecule has 0 aliphatic carbocycles. The Kier molecular flexibility index (Phi) is 5.80. The Bertz CT molecular complexity index is 843. The molecule has 25 heavy (non-hydrogen) atoms. The fourth-order valence-corrected chi connectivity index (χ4v) is 2.50. The zero-order valence-electron chi connectivity index (χ0n) is 14.7. The van der Waals surface area contributed by atoms with Crippen LogP contribution in [0.3, 0.4) is 0 Å². The van der Waals surface area contributed by atoms with Crippen LogP contribution in [-0.2, 0) is 4.79 Å². The number of carbonyl (C=O) groups excluding carboxylic acids is 1. The standard InChI is InChI=1S/C20H20N2O3/c1-13-7-14(2)9-17(8-13)22-20(23)16(12-21)10-15-11-18(24-3)5-6-19(15)25-4/h5-11H,1-4H3,(H,22,23)/b16-10+. The minimum Gasteiger partial charge on any atom is -0.497 e. The average molecular weight is 336 g/mol. The summed E-state index contributed by atoms with van der Waals surface area (Å²) < 4.78 is 10.5. The summed E-state index contributed by atoms with van der Waals surface area (Å²) in [5, 5.41) is 12.1. The lowest BCUT2D eigenvalue weighted by Gasteiger charge is -2.09. The summed E-state index contributed by atoms with van der Waals surface area (Å²) in [5.74, 6) is 0.684. The topological polar surface area (TPSA) is 71.3 Å². The smallest absolute Gasteiger partial charge is 0.266 e. The Morgan fingerprint density at radius 2 is 1.76 bits per heavy atom. The number of methoxy groups -OCH3 is 2. The highest BCUT2D eigenvalue weighted by Gasteiger charge is 2.12. The highest BCUT2D eigenvalue weighted by molar-refractivity contribution is 6.09. The van der Waals surface area contributed by atoms with Gasteiger partial charge in [0.1, 0.15) is 23.1 Å². The Morgan fingerprint density at radius 3 is 2.32 bits per heavy atom. The van der Waals surface area contributed by atoms with E-state index < -0.39 is 5.91 Å². The van der Waals surface area contributed by atoms with Crippen molar-refractivity contribution in [3.05, 3.63) is 58.7 Å². The Labute approximate surface area is 147 Å². The van der Waals surface area contributed by atoms with Crippen LogP contribution in [0.15, 0.2) is 42.0 Å². The normalized spacial score (nSPS) is 10.8. The van der Waals surface area contributed by atoms with E-state index in [2.05, 4.69) is 5.32 Å². The second kappa shape index (κ2) is 8.02. The van der Waals surface area contributed by atoms with Crippen LogP contribution in [0.5, 0.6) is 11.5 Å². The van der Waals surface area contributed by atoms with Crippen LogP contribution in [-0.4, -0.2) is 20.1 Å². The van der Waals surface area contributed by atoms with Gasteiger partial charge in [0, 0.05) is 11.3 Å². The zero-order chi connectivity index (χ0) is 18.4. The molecule has 5 heteroatoms. The number of nitriles is 1. The van der Waals surface area contributed by atoms with Crippen molar-refractivity contribution in [3.63, 3.8) is 0 Å². The maximum atomic E-state index is 12.5. The molecule has 1 amide bonds. The molecule has 5 nitrogen and oxygen atoms in total. The third-order valence-electron chi connectivity index (χ3n) is 3.58. The third-order valence-corrected chi connectivity index (χ3v) is 3.58. The maximum Gasteiger partial charge on any atom is 0.266 e. The van der Waals surface area contributed by atoms with Crippen molar-refractivity contribution in [1.82, 2.24) is 0 Å². The van der Waals surface area contributed by atoms with Crippen molar-refractivity contribution in [2.45, 2.75) is 13.8 Å². The molecular formula is C20H20N2O3. The van der Waals surface area contributed by atoms with Crippen LogP contribution in [0.2, 0.25) is 0 Å². The van der Waals surface area contributed by atoms with Gasteiger partial charge < -0.3 is 14.8 Å². The molecule has 0 bridgehead atoms. The van der Waals surface area contributed by atoms with Crippen LogP contribution >= 0.6 is 0 Å². The van der Waals surface area contributed by atoms with E-state index in [9.17, 15) is 10.1 Å². The third kappa shape index (κ3) is 4.61. The van der Waals surface area contributed by atoms with Gasteiger partial charge in [-0.25, -0.2) is 0 Å². The molecule has 2 rings (SSSR count). The van der Waals surface area contributed by atoms with E-state index in [1.807, 2.05) is 38.1 Å². The van der Waals surface area contributed by atoms with E-state index in [0.29, 0.717) is 22.7 Å². The first kappa shape index (κ1) is 18.1. The van der Waals surface area contributed by atoms with E-state index in [0.717, 1.165) is 11.1 Å². The van der Waals surface area contributed by atoms with Gasteiger partial charge in [-0.3, -0.25) is 4.79 Å². The molecule has 0 radical (unpaired) electrons. The number of anilines is 1. The van der Waals surface area contributed by atoms with Gasteiger partial charge in [-0.1, -0.05) is 6.07 Å². The van der Waals surface area contributed by atoms with Crippen LogP contribution in [0.4, 0.5) is 5.69 Å². The number of carbonyl (C=O) groups is 1. The molecule has 128 valence electrons. The number of hydrogen-bond donors (Lipinski definition) is 1. The van der Waals surface area contributed by atoms with Gasteiger partial charge >= 0.3 is 0 Å². The van der Waals surface area contributed by atoms with Crippen molar-refractivity contribution in [2.75, 3.05) is 19.5 Å². The minimum absolute atomic E-state index is 0.0225. The van der Waals surface area contributed by atoms with Gasteiger partial charge in [-0.05, 0) is 61.4 Å². The Morgan fingerprint density at radius 1 is 1.08 bits per heavy atom. The predicted octanol–water partition coefficient (Wildman–Crippen LogP) is 3.87. The Hall–Kier alpha value is -3.26. The molecule has 0 aromatic heterocycles. The van der Waals surface area contributed by atoms with E-state index in [4.69, 9.17) is 9.47 Å². The molecule has 0 atom stereocenters. The molecule has 0 aliphatic heterocycles. The van der Waals surface area contributed by atoms with Crippen molar-refractivity contribution in [1.29, 1.82) is 5.26 Å². The molecular weight excluding hydrogens is 316 g/mol. The summed E-state index contributed by atoms with van der Waals surface area (Å²) in [4.78, 5) is 12.5. The number of amides is 1. The van der Waals surface area contributed by atoms with Gasteiger partial charge in [0.15, 0.2) is 0 Å². The lowest BCUT2D eigenvalue weighted by Crippen LogP contribution is -2.13. The number of nitrogens with zero attached hydrogens (tertiary/aromatic N) is 1. The first-order valence-electron chi connectivity index (χ1n) is 7.70. The summed E-state index contributed by atoms with van der Waals surface area (Å²) >= 11 is 0. The second-order valence-corrected chi connectivity index (χ2v) is 5.61. The predicted molar refractivity (Wildman–Crippen MR) is 97.7 cm³/mol. The summed E-state index contributed by atoms with van der Waals surface area (Å²) in [5.41, 5.74) is 3.29. The largest absolute Gasteiger partial charge is 0.497 e. The minimum atomic E-state index is -0.475. The average Bonchev–Trinajstić information content (AvgIpc) is 2.58. The van der Waals surface area contributed by atoms with Gasteiger partial charge in [0.25, 0.3) is 5.91 Å². The van der Waals surface area contributed by atoms with Gasteiger partial charge in [0.05, 0.1) is 14.2 Å². The fraction of sp³-hybridized carbons (Fsp3) is 0.200. The summed E-state index contributed by atoms with van der Waals surface area (Å²) in [7, 11) is 3.08. The van der Waals surface area contributed by atoms with E-state index in [1.165, 1.54) is 13.2 Å². The zero-order valence-corrected chi connectivity index (χ0v) is 14.7. The summed E-state index contributed by atoms with van der Waals surface area (Å²) in [6.45, 7) is 3.90. The molecule has 1 N–H and O–H groups in total. The SMILES string of the molecule is COc1ccc(OC)c(/C=C(\C#N)C(=O)Nc2cc(C)cc(C)c2)c1. The molecule has 0 aliphatic rings. The molecule has 0 heterocycles. The first-order chi connectivity index (χ1) is 12.0. The van der Waals surface area contributed by atoms with Crippen molar-refractivity contribution in [3.8, 4) is 17.6 Å². The van der Waals surface area contributed by atoms with Crippen LogP contribution in [0.1, 0.15) is 16.7 Å². The van der Waals surface area contributed by atoms with Crippen LogP contribution in [0.25, 0.3) is 6.08 Å². The molecule has 0 saturated heterocycles. The Balaban J connectivity index is 2.34. The fourth-order valence-electron chi connectivity index (χ4n) is 2.50. The van der Waals surface area contributed by atoms with Crippen LogP contribution < -0.4 is 14.8 Å². The number of nitrogens with one attached hydrogen (secondary N) is 1. The lowest BCUT2D eigenvalue weighted by atomic mass is 10.1. The van der Waals surface area contributed by atoms with E-state index in [1.54, 1.807) is 25.3 Å². The monoisotopic (exact) mass is 336 g/mol. The summed E-state index contributed by atoms with van der Waals surface area (Å²) in [6, 6.07) is 12.8. The molecule has 2 aromatic carbocycles. The number of benzene rings is 2. The molecule has 0 spiro atoms. The highest BCUT2D eigenvalue weighted by Crippen LogP contribution is 2.26. The van der Waals surface area contributed by atoms with Crippen LogP contribution in [0, 0.1) is 25.2 Å². The molecule has 0 fully saturated rings. The van der Waals surface area contributed by atoms with Crippen molar-refractivity contribution < 1.29 is 14.3 Å². The van der Waals surface area contributed by atoms with Crippen molar-refractivity contribution >= 4 is 17.7 Å². The maximum absolute atomic E-state index is 12.5. The highest BCUT2D eigenvalue weighted by atomic mass is 16.5. The van der Waals surface area contributed by atoms with E-state index >= 15 is 0 Å². The number of hydrogen-bond acceptors (Lipinski definition) is 4.